The molecule has 172 valence electrons. The molecule has 2 heterocycles. The van der Waals surface area contributed by atoms with Gasteiger partial charge in [0.05, 0.1) is 23.1 Å². The van der Waals surface area contributed by atoms with Gasteiger partial charge in [0.15, 0.2) is 0 Å². The van der Waals surface area contributed by atoms with Gasteiger partial charge in [0, 0.05) is 49.6 Å². The summed E-state index contributed by atoms with van der Waals surface area (Å²) in [4.78, 5) is 28.1. The third-order valence-corrected chi connectivity index (χ3v) is 5.71. The van der Waals surface area contributed by atoms with Crippen molar-refractivity contribution in [2.45, 2.75) is 26.2 Å². The molecule has 0 aliphatic carbocycles. The fourth-order valence-corrected chi connectivity index (χ4v) is 3.82. The second kappa shape index (κ2) is 10.3. The average molecular weight is 452 g/mol. The Bertz CT molecular complexity index is 1300. The van der Waals surface area contributed by atoms with Crippen molar-refractivity contribution in [1.29, 1.82) is 0 Å². The summed E-state index contributed by atoms with van der Waals surface area (Å²) in [5.41, 5.74) is 7.34. The normalized spacial score (nSPS) is 11.6. The van der Waals surface area contributed by atoms with Crippen molar-refractivity contribution in [3.63, 3.8) is 0 Å². The Morgan fingerprint density at radius 3 is 2.56 bits per heavy atom. The lowest BCUT2D eigenvalue weighted by atomic mass is 9.95. The number of hydrogen-bond donors (Lipinski definition) is 1. The van der Waals surface area contributed by atoms with Gasteiger partial charge in [-0.15, -0.1) is 0 Å². The fourth-order valence-electron chi connectivity index (χ4n) is 3.82. The Morgan fingerprint density at radius 1 is 0.971 bits per heavy atom. The molecule has 6 heteroatoms. The highest BCUT2D eigenvalue weighted by atomic mass is 16.1. The van der Waals surface area contributed by atoms with E-state index >= 15 is 0 Å². The van der Waals surface area contributed by atoms with Crippen molar-refractivity contribution in [3.05, 3.63) is 102 Å². The van der Waals surface area contributed by atoms with Crippen LogP contribution in [0, 0.1) is 6.92 Å². The first kappa shape index (κ1) is 23.1. The summed E-state index contributed by atoms with van der Waals surface area (Å²) in [7, 11) is 4.05. The van der Waals surface area contributed by atoms with Gasteiger partial charge in [-0.05, 0) is 60.7 Å². The van der Waals surface area contributed by atoms with Crippen LogP contribution in [0.5, 0.6) is 0 Å². The molecule has 0 unspecified atom stereocenters. The number of nitrogens with one attached hydrogen (secondary N) is 1. The molecule has 4 rings (SSSR count). The molecular weight excluding hydrogens is 422 g/mol. The molecule has 1 amide bonds. The molecule has 0 fully saturated rings. The van der Waals surface area contributed by atoms with Gasteiger partial charge in [-0.3, -0.25) is 14.8 Å². The molecule has 0 saturated carbocycles. The van der Waals surface area contributed by atoms with E-state index in [-0.39, 0.29) is 11.8 Å². The maximum absolute atomic E-state index is 12.6. The van der Waals surface area contributed by atoms with Crippen LogP contribution in [-0.2, 0) is 6.42 Å². The molecule has 0 bridgehead atoms. The fraction of sp³-hybridized carbons (Fsp3) is 0.214. The van der Waals surface area contributed by atoms with Crippen molar-refractivity contribution in [2.24, 2.45) is 0 Å². The highest BCUT2D eigenvalue weighted by Crippen LogP contribution is 2.25. The zero-order valence-corrected chi connectivity index (χ0v) is 20.0. The first-order valence-corrected chi connectivity index (χ1v) is 11.3. The van der Waals surface area contributed by atoms with Crippen LogP contribution in [0.2, 0.25) is 0 Å². The van der Waals surface area contributed by atoms with Gasteiger partial charge in [0.2, 0.25) is 0 Å². The monoisotopic (exact) mass is 451 g/mol. The van der Waals surface area contributed by atoms with Crippen LogP contribution in [0.1, 0.15) is 40.0 Å². The van der Waals surface area contributed by atoms with Crippen LogP contribution in [0.15, 0.2) is 79.4 Å². The number of aryl methyl sites for hydroxylation is 1. The van der Waals surface area contributed by atoms with Gasteiger partial charge in [-0.2, -0.15) is 0 Å². The van der Waals surface area contributed by atoms with Crippen molar-refractivity contribution in [3.8, 4) is 11.3 Å². The smallest absolute Gasteiger partial charge is 0.257 e. The lowest BCUT2D eigenvalue weighted by Gasteiger charge is -2.15. The highest BCUT2D eigenvalue weighted by Gasteiger charge is 2.12. The van der Waals surface area contributed by atoms with Gasteiger partial charge < -0.3 is 10.2 Å². The summed E-state index contributed by atoms with van der Waals surface area (Å²) < 4.78 is 0. The van der Waals surface area contributed by atoms with Gasteiger partial charge >= 0.3 is 0 Å². The number of rotatable bonds is 7. The van der Waals surface area contributed by atoms with Crippen LogP contribution in [0.3, 0.4) is 0 Å². The summed E-state index contributed by atoms with van der Waals surface area (Å²) in [6.07, 6.45) is 7.68. The van der Waals surface area contributed by atoms with Gasteiger partial charge in [-0.1, -0.05) is 31.2 Å². The van der Waals surface area contributed by atoms with E-state index in [1.807, 2.05) is 57.5 Å². The standard InChI is InChI=1S/C28H29N5O/c1-19-11-23(16-29-15-19)28(34)32-24-9-5-7-21(13-24)20(2)12-25-17-30-18-27(31-25)22-8-6-10-26(14-22)33(3)4/h5-11,13-18,20H,12H2,1-4H3,(H,32,34)/t20-/m1/s1. The van der Waals surface area contributed by atoms with Crippen molar-refractivity contribution in [1.82, 2.24) is 15.0 Å². The molecule has 4 aromatic rings. The number of carbonyl (C=O) groups is 1. The molecule has 34 heavy (non-hydrogen) atoms. The molecule has 1 atom stereocenters. The molecule has 0 aliphatic heterocycles. The SMILES string of the molecule is Cc1cncc(C(=O)Nc2cccc([C@H](C)Cc3cncc(-c4cccc(N(C)C)c4)n3)c2)c1. The van der Waals surface area contributed by atoms with Gasteiger partial charge in [0.25, 0.3) is 5.91 Å². The van der Waals surface area contributed by atoms with E-state index in [0.717, 1.165) is 45.9 Å². The maximum atomic E-state index is 12.6. The largest absolute Gasteiger partial charge is 0.378 e. The summed E-state index contributed by atoms with van der Waals surface area (Å²) in [6, 6.07) is 18.1. The minimum atomic E-state index is -0.167. The molecule has 6 nitrogen and oxygen atoms in total. The average Bonchev–Trinajstić information content (AvgIpc) is 2.84. The third kappa shape index (κ3) is 5.64. The zero-order chi connectivity index (χ0) is 24.1. The Hall–Kier alpha value is -4.06. The molecule has 0 saturated heterocycles. The molecule has 2 aromatic carbocycles. The number of anilines is 2. The summed E-state index contributed by atoms with van der Waals surface area (Å²) >= 11 is 0. The topological polar surface area (TPSA) is 71.0 Å². The van der Waals surface area contributed by atoms with Crippen LogP contribution >= 0.6 is 0 Å². The quantitative estimate of drug-likeness (QED) is 0.401. The Morgan fingerprint density at radius 2 is 1.76 bits per heavy atom. The lowest BCUT2D eigenvalue weighted by Crippen LogP contribution is -2.13. The summed E-state index contributed by atoms with van der Waals surface area (Å²) in [5, 5.41) is 2.98. The number of amides is 1. The Kier molecular flexibility index (Phi) is 6.97. The zero-order valence-electron chi connectivity index (χ0n) is 20.0. The molecule has 0 radical (unpaired) electrons. The maximum Gasteiger partial charge on any atom is 0.257 e. The highest BCUT2D eigenvalue weighted by molar-refractivity contribution is 6.04. The molecule has 0 spiro atoms. The van der Waals surface area contributed by atoms with E-state index < -0.39 is 0 Å². The number of pyridine rings is 1. The molecule has 2 aromatic heterocycles. The number of carbonyl (C=O) groups excluding carboxylic acids is 1. The van der Waals surface area contributed by atoms with E-state index in [1.54, 1.807) is 18.6 Å². The van der Waals surface area contributed by atoms with Gasteiger partial charge in [0.1, 0.15) is 0 Å². The van der Waals surface area contributed by atoms with E-state index in [9.17, 15) is 4.79 Å². The summed E-state index contributed by atoms with van der Waals surface area (Å²) in [5.74, 6) is 0.0367. The van der Waals surface area contributed by atoms with Crippen molar-refractivity contribution < 1.29 is 4.79 Å². The van der Waals surface area contributed by atoms with Gasteiger partial charge in [-0.25, -0.2) is 4.98 Å². The lowest BCUT2D eigenvalue weighted by molar-refractivity contribution is 0.102. The molecule has 1 N–H and O–H groups in total. The van der Waals surface area contributed by atoms with Crippen LogP contribution in [0.4, 0.5) is 11.4 Å². The minimum Gasteiger partial charge on any atom is -0.378 e. The van der Waals surface area contributed by atoms with Crippen LogP contribution in [0.25, 0.3) is 11.3 Å². The van der Waals surface area contributed by atoms with Crippen LogP contribution < -0.4 is 10.2 Å². The number of hydrogen-bond acceptors (Lipinski definition) is 5. The second-order valence-corrected chi connectivity index (χ2v) is 8.78. The van der Waals surface area contributed by atoms with E-state index in [4.69, 9.17) is 4.98 Å². The van der Waals surface area contributed by atoms with E-state index in [2.05, 4.69) is 51.4 Å². The van der Waals surface area contributed by atoms with E-state index in [1.165, 1.54) is 0 Å². The number of aromatic nitrogens is 3. The molecule has 0 aliphatic rings. The Balaban J connectivity index is 1.48. The first-order valence-electron chi connectivity index (χ1n) is 11.3. The van der Waals surface area contributed by atoms with Crippen molar-refractivity contribution in [2.75, 3.05) is 24.3 Å². The van der Waals surface area contributed by atoms with Crippen LogP contribution in [-0.4, -0.2) is 35.0 Å². The first-order chi connectivity index (χ1) is 16.4. The van der Waals surface area contributed by atoms with E-state index in [0.29, 0.717) is 5.56 Å². The number of benzene rings is 2. The predicted molar refractivity (Wildman–Crippen MR) is 137 cm³/mol. The number of nitrogens with zero attached hydrogens (tertiary/aromatic N) is 4. The minimum absolute atomic E-state index is 0.167. The predicted octanol–water partition coefficient (Wildman–Crippen LogP) is 5.51. The van der Waals surface area contributed by atoms with Crippen molar-refractivity contribution >= 4 is 17.3 Å². The third-order valence-electron chi connectivity index (χ3n) is 5.71. The Labute approximate surface area is 200 Å². The second-order valence-electron chi connectivity index (χ2n) is 8.78. The molecular formula is C28H29N5O. The summed E-state index contributed by atoms with van der Waals surface area (Å²) in [6.45, 7) is 4.08.